The zero-order chi connectivity index (χ0) is 20.4. The smallest absolute Gasteiger partial charge is 0.226 e. The second-order valence-corrected chi connectivity index (χ2v) is 7.28. The zero-order valence-corrected chi connectivity index (χ0v) is 16.6. The summed E-state index contributed by atoms with van der Waals surface area (Å²) in [6, 6.07) is 14.0. The Morgan fingerprint density at radius 3 is 2.72 bits per heavy atom. The van der Waals surface area contributed by atoms with Crippen molar-refractivity contribution in [1.82, 2.24) is 9.78 Å². The van der Waals surface area contributed by atoms with Gasteiger partial charge in [-0.05, 0) is 43.7 Å². The predicted octanol–water partition coefficient (Wildman–Crippen LogP) is 4.97. The number of nitrogens with zero attached hydrogens (tertiary/aromatic N) is 2. The van der Waals surface area contributed by atoms with Crippen LogP contribution in [0.15, 0.2) is 48.5 Å². The van der Waals surface area contributed by atoms with E-state index in [-0.39, 0.29) is 17.6 Å². The number of unbranched alkanes of at least 4 members (excludes halogenated alkanes) is 1. The van der Waals surface area contributed by atoms with E-state index in [1.54, 1.807) is 16.8 Å². The summed E-state index contributed by atoms with van der Waals surface area (Å²) >= 11 is 0. The van der Waals surface area contributed by atoms with Crippen molar-refractivity contribution in [3.8, 4) is 11.4 Å². The molecule has 1 aromatic heterocycles. The van der Waals surface area contributed by atoms with E-state index >= 15 is 0 Å². The highest BCUT2D eigenvalue weighted by Crippen LogP contribution is 2.43. The fraction of sp³-hybridized carbons (Fsp3) is 0.304. The molecule has 0 fully saturated rings. The molecule has 0 saturated carbocycles. The average molecular weight is 393 g/mol. The molecule has 0 bridgehead atoms. The molecule has 3 aromatic rings. The van der Waals surface area contributed by atoms with Gasteiger partial charge < -0.3 is 10.1 Å². The van der Waals surface area contributed by atoms with Crippen LogP contribution in [0.1, 0.15) is 48.9 Å². The lowest BCUT2D eigenvalue weighted by Gasteiger charge is -2.26. The SMILES string of the molecule is CCCCOc1ccccc1[C@@H]1CC(=O)Nc2c1c(C)nn2-c1ccc(F)cc1. The van der Waals surface area contributed by atoms with Crippen LogP contribution in [0, 0.1) is 12.7 Å². The van der Waals surface area contributed by atoms with E-state index in [1.165, 1.54) is 12.1 Å². The average Bonchev–Trinajstić information content (AvgIpc) is 3.05. The third-order valence-corrected chi connectivity index (χ3v) is 5.22. The van der Waals surface area contributed by atoms with Crippen LogP contribution in [0.3, 0.4) is 0 Å². The summed E-state index contributed by atoms with van der Waals surface area (Å²) in [6.07, 6.45) is 2.37. The molecule has 150 valence electrons. The van der Waals surface area contributed by atoms with Gasteiger partial charge in [0.05, 0.1) is 18.0 Å². The van der Waals surface area contributed by atoms with Crippen molar-refractivity contribution in [2.75, 3.05) is 11.9 Å². The number of halogens is 1. The Bertz CT molecular complexity index is 1030. The highest BCUT2D eigenvalue weighted by molar-refractivity contribution is 5.95. The van der Waals surface area contributed by atoms with Gasteiger partial charge in [0, 0.05) is 23.5 Å². The fourth-order valence-corrected chi connectivity index (χ4v) is 3.81. The lowest BCUT2D eigenvalue weighted by molar-refractivity contribution is -0.116. The number of carbonyl (C=O) groups is 1. The quantitative estimate of drug-likeness (QED) is 0.602. The molecule has 1 amide bonds. The Hall–Kier alpha value is -3.15. The number of ether oxygens (including phenoxy) is 1. The van der Waals surface area contributed by atoms with Crippen LogP contribution in [-0.2, 0) is 4.79 Å². The Labute approximate surface area is 169 Å². The number of nitrogens with one attached hydrogen (secondary N) is 1. The van der Waals surface area contributed by atoms with Crippen LogP contribution >= 0.6 is 0 Å². The van der Waals surface area contributed by atoms with Crippen LogP contribution in [0.5, 0.6) is 5.75 Å². The van der Waals surface area contributed by atoms with Crippen LogP contribution in [0.2, 0.25) is 0 Å². The predicted molar refractivity (Wildman–Crippen MR) is 110 cm³/mol. The van der Waals surface area contributed by atoms with Crippen molar-refractivity contribution in [2.24, 2.45) is 0 Å². The molecule has 5 nitrogen and oxygen atoms in total. The van der Waals surface area contributed by atoms with Crippen molar-refractivity contribution in [2.45, 2.75) is 39.0 Å². The van der Waals surface area contributed by atoms with Gasteiger partial charge in [-0.3, -0.25) is 4.79 Å². The number of aromatic nitrogens is 2. The maximum Gasteiger partial charge on any atom is 0.226 e. The van der Waals surface area contributed by atoms with Gasteiger partial charge in [0.1, 0.15) is 17.4 Å². The van der Waals surface area contributed by atoms with E-state index < -0.39 is 0 Å². The van der Waals surface area contributed by atoms with E-state index in [0.717, 1.165) is 35.4 Å². The molecule has 0 radical (unpaired) electrons. The summed E-state index contributed by atoms with van der Waals surface area (Å²) in [5.41, 5.74) is 3.49. The highest BCUT2D eigenvalue weighted by Gasteiger charge is 2.34. The van der Waals surface area contributed by atoms with Crippen LogP contribution in [0.25, 0.3) is 5.69 Å². The minimum Gasteiger partial charge on any atom is -0.493 e. The van der Waals surface area contributed by atoms with Gasteiger partial charge in [-0.25, -0.2) is 9.07 Å². The second kappa shape index (κ2) is 8.07. The molecular weight excluding hydrogens is 369 g/mol. The molecular formula is C23H24FN3O2. The number of rotatable bonds is 6. The number of benzene rings is 2. The lowest BCUT2D eigenvalue weighted by Crippen LogP contribution is -2.25. The maximum atomic E-state index is 13.4. The van der Waals surface area contributed by atoms with E-state index in [1.807, 2.05) is 31.2 Å². The standard InChI is InChI=1S/C23H24FN3O2/c1-3-4-13-29-20-8-6-5-7-18(20)19-14-21(28)25-23-22(19)15(2)26-27(23)17-11-9-16(24)10-12-17/h5-12,19H,3-4,13-14H2,1-2H3,(H,25,28)/t19-/m0/s1. The molecule has 4 rings (SSSR count). The number of fused-ring (bicyclic) bond motifs is 1. The van der Waals surface area contributed by atoms with Gasteiger partial charge in [-0.2, -0.15) is 5.10 Å². The van der Waals surface area contributed by atoms with E-state index in [0.29, 0.717) is 24.5 Å². The summed E-state index contributed by atoms with van der Waals surface area (Å²) in [4.78, 5) is 12.6. The summed E-state index contributed by atoms with van der Waals surface area (Å²) in [5.74, 6) is 0.908. The van der Waals surface area contributed by atoms with Crippen LogP contribution < -0.4 is 10.1 Å². The number of anilines is 1. The van der Waals surface area contributed by atoms with Gasteiger partial charge in [0.2, 0.25) is 5.91 Å². The summed E-state index contributed by atoms with van der Waals surface area (Å²) in [5, 5.41) is 7.61. The first-order valence-electron chi connectivity index (χ1n) is 9.95. The van der Waals surface area contributed by atoms with Gasteiger partial charge in [-0.1, -0.05) is 31.5 Å². The summed E-state index contributed by atoms with van der Waals surface area (Å²) < 4.78 is 21.1. The second-order valence-electron chi connectivity index (χ2n) is 7.28. The molecule has 0 saturated heterocycles. The number of para-hydroxylation sites is 1. The van der Waals surface area contributed by atoms with E-state index in [2.05, 4.69) is 17.3 Å². The maximum absolute atomic E-state index is 13.4. The number of hydrogen-bond acceptors (Lipinski definition) is 3. The Kier molecular flexibility index (Phi) is 5.34. The monoisotopic (exact) mass is 393 g/mol. The minimum absolute atomic E-state index is 0.0749. The summed E-state index contributed by atoms with van der Waals surface area (Å²) in [7, 11) is 0. The molecule has 2 heterocycles. The normalized spacial score (nSPS) is 15.7. The molecule has 0 unspecified atom stereocenters. The molecule has 6 heteroatoms. The summed E-state index contributed by atoms with van der Waals surface area (Å²) in [6.45, 7) is 4.71. The van der Waals surface area contributed by atoms with E-state index in [9.17, 15) is 9.18 Å². The molecule has 1 atom stereocenters. The minimum atomic E-state index is -0.313. The van der Waals surface area contributed by atoms with Crippen molar-refractivity contribution >= 4 is 11.7 Å². The van der Waals surface area contributed by atoms with Crippen molar-refractivity contribution in [1.29, 1.82) is 0 Å². The topological polar surface area (TPSA) is 56.1 Å². The molecule has 2 aromatic carbocycles. The largest absolute Gasteiger partial charge is 0.493 e. The van der Waals surface area contributed by atoms with Crippen molar-refractivity contribution in [3.63, 3.8) is 0 Å². The molecule has 0 aliphatic carbocycles. The first-order chi connectivity index (χ1) is 14.1. The van der Waals surface area contributed by atoms with Gasteiger partial charge in [-0.15, -0.1) is 0 Å². The molecule has 1 aliphatic heterocycles. The van der Waals surface area contributed by atoms with Crippen LogP contribution in [-0.4, -0.2) is 22.3 Å². The number of carbonyl (C=O) groups excluding carboxylic acids is 1. The lowest BCUT2D eigenvalue weighted by atomic mass is 9.85. The zero-order valence-electron chi connectivity index (χ0n) is 16.6. The number of aryl methyl sites for hydroxylation is 1. The first kappa shape index (κ1) is 19.2. The third kappa shape index (κ3) is 3.75. The highest BCUT2D eigenvalue weighted by atomic mass is 19.1. The van der Waals surface area contributed by atoms with Gasteiger partial charge >= 0.3 is 0 Å². The third-order valence-electron chi connectivity index (χ3n) is 5.22. The fourth-order valence-electron chi connectivity index (χ4n) is 3.81. The van der Waals surface area contributed by atoms with Gasteiger partial charge in [0.25, 0.3) is 0 Å². The number of hydrogen-bond donors (Lipinski definition) is 1. The Morgan fingerprint density at radius 1 is 1.21 bits per heavy atom. The molecule has 1 aliphatic rings. The van der Waals surface area contributed by atoms with Gasteiger partial charge in [0.15, 0.2) is 0 Å². The molecule has 29 heavy (non-hydrogen) atoms. The first-order valence-corrected chi connectivity index (χ1v) is 9.95. The molecule has 0 spiro atoms. The van der Waals surface area contributed by atoms with Crippen molar-refractivity contribution in [3.05, 3.63) is 71.2 Å². The van der Waals surface area contributed by atoms with Crippen LogP contribution in [0.4, 0.5) is 10.2 Å². The number of amides is 1. The van der Waals surface area contributed by atoms with Crippen molar-refractivity contribution < 1.29 is 13.9 Å². The van der Waals surface area contributed by atoms with E-state index in [4.69, 9.17) is 4.74 Å². The Morgan fingerprint density at radius 2 is 1.97 bits per heavy atom. The molecule has 1 N–H and O–H groups in total. The Balaban J connectivity index is 1.78.